The number of thiol groups is 1. The number of phosphoric ester groups is 1. The third kappa shape index (κ3) is 17.1. The van der Waals surface area contributed by atoms with Crippen molar-refractivity contribution < 1.29 is 99.2 Å². The summed E-state index contributed by atoms with van der Waals surface area (Å²) < 4.78 is 31.9. The van der Waals surface area contributed by atoms with Crippen molar-refractivity contribution in [2.45, 2.75) is 195 Å². The number of aryl methyl sites for hydroxylation is 2. The first-order valence-electron chi connectivity index (χ1n) is 32.2. The number of nitrogens with zero attached hydrogens (tertiary/aromatic N) is 6. The maximum absolute atomic E-state index is 14.4. The summed E-state index contributed by atoms with van der Waals surface area (Å²) >= 11 is 3.61. The smallest absolute Gasteiger partial charge is 0.268 e. The number of imidazole rings is 1. The predicted octanol–water partition coefficient (Wildman–Crippen LogP) is 1.13. The van der Waals surface area contributed by atoms with E-state index in [1.165, 1.54) is 17.8 Å². The van der Waals surface area contributed by atoms with E-state index in [4.69, 9.17) is 74.2 Å². The maximum atomic E-state index is 14.4. The van der Waals surface area contributed by atoms with Gasteiger partial charge in [-0.2, -0.15) is 18.3 Å². The molecule has 1 radical (unpaired) electrons. The zero-order valence-electron chi connectivity index (χ0n) is 57.6. The van der Waals surface area contributed by atoms with Gasteiger partial charge in [-0.1, -0.05) is 40.7 Å². The number of primary amides is 6. The number of aliphatic imine (C=N–C) groups is 3. The van der Waals surface area contributed by atoms with Gasteiger partial charge in [-0.3, -0.25) is 53.1 Å². The van der Waals surface area contributed by atoms with E-state index in [2.05, 4.69) is 22.9 Å². The molecule has 1 unspecified atom stereocenters. The number of benzene rings is 1. The van der Waals surface area contributed by atoms with Gasteiger partial charge in [-0.25, -0.2) is 4.98 Å². The Kier molecular flexibility index (Phi) is 26.9. The summed E-state index contributed by atoms with van der Waals surface area (Å²) in [6.45, 7) is 19.0. The normalized spacial score (nSPS) is 32.1. The monoisotopic (exact) mass is 1470 g/mol. The molecular weight excluding hydrogens is 1370 g/mol. The number of hydrogen-bond donors (Lipinski definition) is 11. The van der Waals surface area contributed by atoms with Crippen LogP contribution in [0.4, 0.5) is 0 Å². The minimum absolute atomic E-state index is 0. The number of hydrogen-bond acceptors (Lipinski definition) is 23. The number of phosphoric acid groups is 1. The van der Waals surface area contributed by atoms with Crippen LogP contribution in [0.1, 0.15) is 150 Å². The molecule has 6 aliphatic rings. The second kappa shape index (κ2) is 32.1. The largest absolute Gasteiger partial charge is 0.870 e. The number of nitrogens with two attached hydrogens (primary N) is 7. The van der Waals surface area contributed by atoms with Crippen molar-refractivity contribution in [2.75, 3.05) is 18.9 Å². The summed E-state index contributed by atoms with van der Waals surface area (Å²) in [6.07, 6.45) is -4.79. The van der Waals surface area contributed by atoms with Gasteiger partial charge < -0.3 is 99.6 Å². The molecule has 8 bridgehead atoms. The van der Waals surface area contributed by atoms with Gasteiger partial charge in [0.15, 0.2) is 6.23 Å². The van der Waals surface area contributed by atoms with Crippen molar-refractivity contribution >= 4 is 95.9 Å². The number of fused-ring (bicyclic) bond motifs is 7. The molecule has 551 valence electrons. The number of amides is 7. The maximum Gasteiger partial charge on any atom is 0.268 e. The first-order valence-corrected chi connectivity index (χ1v) is 34.3. The van der Waals surface area contributed by atoms with E-state index >= 15 is 0 Å². The zero-order valence-corrected chi connectivity index (χ0v) is 60.4. The fourth-order valence-electron chi connectivity index (χ4n) is 15.4. The van der Waals surface area contributed by atoms with Gasteiger partial charge in [0.25, 0.3) is 7.82 Å². The number of allylic oxidation sites excluding steroid dienone is 6. The third-order valence-electron chi connectivity index (χ3n) is 21.0. The molecule has 99 heavy (non-hydrogen) atoms. The molecule has 34 heteroatoms. The van der Waals surface area contributed by atoms with Crippen LogP contribution in [0.5, 0.6) is 0 Å². The quantitative estimate of drug-likeness (QED) is 0.0420. The van der Waals surface area contributed by atoms with Crippen molar-refractivity contribution in [3.63, 3.8) is 0 Å². The Morgan fingerprint density at radius 3 is 1.92 bits per heavy atom. The summed E-state index contributed by atoms with van der Waals surface area (Å²) in [7, 11) is -5.32. The average Bonchev–Trinajstić information content (AvgIpc) is 1.53. The molecule has 6 aliphatic heterocycles. The van der Waals surface area contributed by atoms with Crippen LogP contribution >= 0.6 is 20.5 Å². The number of carbonyl (C=O) groups is 8. The summed E-state index contributed by atoms with van der Waals surface area (Å²) in [5.74, 6) is -8.53. The Morgan fingerprint density at radius 1 is 0.808 bits per heavy atom. The topological polar surface area (TPSA) is 561 Å². The van der Waals surface area contributed by atoms with Crippen LogP contribution < -0.4 is 55.5 Å². The minimum Gasteiger partial charge on any atom is -0.870 e. The molecule has 1 aromatic heterocycles. The molecule has 7 amide bonds. The molecule has 7 heterocycles. The van der Waals surface area contributed by atoms with Crippen LogP contribution in [-0.4, -0.2) is 151 Å². The second-order valence-corrected chi connectivity index (χ2v) is 29.8. The molecule has 2 aromatic rings. The molecule has 8 rings (SSSR count). The Hall–Kier alpha value is -6.75. The van der Waals surface area contributed by atoms with Gasteiger partial charge in [0.2, 0.25) is 41.4 Å². The molecule has 31 nitrogen and oxygen atoms in total. The molecule has 2 fully saturated rings. The summed E-state index contributed by atoms with van der Waals surface area (Å²) in [6, 6.07) is 1.73. The molecule has 0 aliphatic carbocycles. The van der Waals surface area contributed by atoms with Crippen LogP contribution in [0.2, 0.25) is 0 Å². The molecule has 18 N–H and O–H groups in total. The Balaban J connectivity index is 0.00000186. The predicted molar refractivity (Wildman–Crippen MR) is 360 cm³/mol. The van der Waals surface area contributed by atoms with Gasteiger partial charge in [-0.15, -0.1) is 0 Å². The standard InChI is InChI=1S/C62H90N13O14P.C3H7NO2S.Co.H2O/c1-29-20-39-40(21-30(29)2)75(28-70-39)57-52(84)53(41(27-76)87-57)89-90(85,86)88-31(3)26-69-49(83)18-19-59(8)37(22-46(66)80)56-62(11)61(10,25-48(68)82)36(14-17-45(65)79)51(74-62)33(5)55-60(9,24-47(67)81)34(12-15-43(63)77)38(71-55)23-42-58(6,7)35(13-16-44(64)78)50(72-42)32(4)54(59)73-56;4-2(1-7)3(5)6;;/h20-21,23,28,31,34-37,41,52-53,56-57,76,84H,12-19,22,24-27H2,1-11H3,(H15,63,64,65,66,67,68,69,71,72,73,74,77,78,79,80,81,82,83,85,86);2,7H,1,4H2,(H,5,6);;1H2/p-4/t31-,34-,35-,36-,37+,41-,52-,53-,56-,57+,59-,60+,61+,62+;2-;;/m10../s1. The average molecular weight is 1470 g/mol. The molecule has 0 saturated carbocycles. The van der Waals surface area contributed by atoms with Crippen LogP contribution in [0.3, 0.4) is 0 Å². The third-order valence-corrected chi connectivity index (χ3v) is 22.5. The first-order chi connectivity index (χ1) is 45.0. The summed E-state index contributed by atoms with van der Waals surface area (Å²) in [5.41, 5.74) is 41.5. The number of carboxylic acids is 1. The number of ether oxygens (including phenoxy) is 1. The number of aromatic nitrogens is 2. The van der Waals surface area contributed by atoms with E-state index in [0.717, 1.165) is 11.1 Å². The van der Waals surface area contributed by atoms with E-state index in [1.54, 1.807) is 6.92 Å². The van der Waals surface area contributed by atoms with E-state index in [1.807, 2.05) is 80.5 Å². The fourth-order valence-corrected chi connectivity index (χ4v) is 16.7. The van der Waals surface area contributed by atoms with Gasteiger partial charge in [0.1, 0.15) is 18.3 Å². The van der Waals surface area contributed by atoms with Crippen LogP contribution in [-0.2, 0) is 73.5 Å². The van der Waals surface area contributed by atoms with E-state index in [0.29, 0.717) is 56.4 Å². The molecule has 1 aromatic carbocycles. The summed E-state index contributed by atoms with van der Waals surface area (Å²) in [5, 5.41) is 39.8. The van der Waals surface area contributed by atoms with Gasteiger partial charge in [0.05, 0.1) is 53.3 Å². The van der Waals surface area contributed by atoms with Gasteiger partial charge >= 0.3 is 0 Å². The number of rotatable bonds is 28. The van der Waals surface area contributed by atoms with E-state index < -0.39 is 155 Å². The second-order valence-electron chi connectivity index (χ2n) is 28.1. The number of carbonyl (C=O) groups excluding carboxylic acids is 8. The number of aliphatic hydroxyl groups excluding tert-OH is 2. The van der Waals surface area contributed by atoms with Crippen molar-refractivity contribution in [1.29, 1.82) is 0 Å². The Labute approximate surface area is 590 Å². The van der Waals surface area contributed by atoms with Crippen LogP contribution in [0.15, 0.2) is 67.8 Å². The van der Waals surface area contributed by atoms with Crippen molar-refractivity contribution in [3.05, 3.63) is 69.2 Å². The molecule has 0 spiro atoms. The Bertz CT molecular complexity index is 3750. The van der Waals surface area contributed by atoms with Crippen molar-refractivity contribution in [3.8, 4) is 0 Å². The molecule has 2 saturated heterocycles. The number of aliphatic carboxylic acids is 1. The number of aliphatic hydroxyl groups is 2. The van der Waals surface area contributed by atoms with Crippen molar-refractivity contribution in [1.82, 2.24) is 14.9 Å². The van der Waals surface area contributed by atoms with E-state index in [9.17, 15) is 63.1 Å². The van der Waals surface area contributed by atoms with Gasteiger partial charge in [-0.05, 0) is 119 Å². The zero-order chi connectivity index (χ0) is 72.6. The fraction of sp³-hybridized carbons (Fsp3) is 0.631. The van der Waals surface area contributed by atoms with E-state index in [-0.39, 0.29) is 105 Å². The Morgan fingerprint density at radius 2 is 1.38 bits per heavy atom. The van der Waals surface area contributed by atoms with Crippen molar-refractivity contribution in [2.24, 2.45) is 100 Å². The van der Waals surface area contributed by atoms with Crippen LogP contribution in [0, 0.1) is 59.2 Å². The SMILES string of the molecule is C/C1=C2/[N-][C@H]([C@H](CC(N)=O)[C@@]2(C)CCC(=O)NC[C@@H](C)OP(=O)([O-])O[C@H]2[C@@H](O)[C@@H](n3cnc4cc(C)c(C)cc43)O[C@@H]2CO)[C@]2(C)N=C(/C(C)=C3N=C(/C=C4N=C1[C@@H](CCC(N)=O)C\4(C)C)[C@@H](CCC(N)=O)[C@]\3(C)CC(N)=O)[C@@H](CCC(N)=O)[C@]2(C)CC(N)=O.N[C@@H](CS)C(=O)[O-].[Co].[OH-]. The van der Waals surface area contributed by atoms with Gasteiger partial charge in [0, 0.05) is 131 Å². The number of carboxylic acid groups (broad SMARTS) is 1. The number of nitrogens with one attached hydrogen (secondary N) is 1. The molecular formula is C65H95CoN14O17PS-4. The van der Waals surface area contributed by atoms with Crippen LogP contribution in [0.25, 0.3) is 16.4 Å². The molecule has 16 atom stereocenters. The minimum atomic E-state index is -5.32. The summed E-state index contributed by atoms with van der Waals surface area (Å²) in [4.78, 5) is 137. The first kappa shape index (κ1) is 82.9.